The maximum Gasteiger partial charge on any atom is 0.325 e. The zero-order chi connectivity index (χ0) is 23.4. The zero-order valence-electron chi connectivity index (χ0n) is 19.2. The van der Waals surface area contributed by atoms with Gasteiger partial charge in [-0.3, -0.25) is 19.4 Å². The molecule has 3 atom stereocenters. The molecule has 3 saturated heterocycles. The highest BCUT2D eigenvalue weighted by Gasteiger charge is 2.49. The van der Waals surface area contributed by atoms with Crippen molar-refractivity contribution in [3.63, 3.8) is 0 Å². The molecule has 33 heavy (non-hydrogen) atoms. The normalized spacial score (nSPS) is 26.8. The maximum absolute atomic E-state index is 13.1. The van der Waals surface area contributed by atoms with Crippen LogP contribution in [0.25, 0.3) is 0 Å². The fourth-order valence-corrected chi connectivity index (χ4v) is 4.74. The van der Waals surface area contributed by atoms with Crippen molar-refractivity contribution in [3.05, 3.63) is 29.8 Å². The summed E-state index contributed by atoms with van der Waals surface area (Å²) in [7, 11) is 1.56. The van der Waals surface area contributed by atoms with Gasteiger partial charge >= 0.3 is 6.03 Å². The first-order chi connectivity index (χ1) is 15.9. The summed E-state index contributed by atoms with van der Waals surface area (Å²) in [6.07, 6.45) is 0.950. The third-order valence-corrected chi connectivity index (χ3v) is 6.78. The summed E-state index contributed by atoms with van der Waals surface area (Å²) in [5.74, 6) is 0.160. The van der Waals surface area contributed by atoms with Gasteiger partial charge in [-0.1, -0.05) is 12.1 Å². The van der Waals surface area contributed by atoms with Crippen LogP contribution in [0.4, 0.5) is 4.79 Å². The molecular weight excluding hydrogens is 428 g/mol. The van der Waals surface area contributed by atoms with E-state index in [1.165, 1.54) is 0 Å². The van der Waals surface area contributed by atoms with Gasteiger partial charge in [-0.15, -0.1) is 0 Å². The Morgan fingerprint density at radius 3 is 2.58 bits per heavy atom. The number of rotatable bonds is 8. The Balaban J connectivity index is 1.37. The minimum absolute atomic E-state index is 0.132. The molecule has 0 saturated carbocycles. The van der Waals surface area contributed by atoms with E-state index < -0.39 is 17.5 Å². The number of hydrogen-bond acceptors (Lipinski definition) is 7. The summed E-state index contributed by atoms with van der Waals surface area (Å²) in [6, 6.07) is 6.48. The molecule has 4 amide bonds. The number of benzene rings is 1. The molecule has 0 bridgehead atoms. The molecule has 3 fully saturated rings. The van der Waals surface area contributed by atoms with E-state index in [-0.39, 0.29) is 18.5 Å². The van der Waals surface area contributed by atoms with Gasteiger partial charge in [0.15, 0.2) is 0 Å². The number of nitrogens with zero attached hydrogens (tertiary/aromatic N) is 2. The van der Waals surface area contributed by atoms with E-state index >= 15 is 0 Å². The second kappa shape index (κ2) is 10.1. The first-order valence-corrected chi connectivity index (χ1v) is 11.4. The van der Waals surface area contributed by atoms with Crippen molar-refractivity contribution in [3.8, 4) is 5.75 Å². The van der Waals surface area contributed by atoms with Crippen LogP contribution in [-0.2, 0) is 24.6 Å². The largest absolute Gasteiger partial charge is 0.497 e. The van der Waals surface area contributed by atoms with Gasteiger partial charge in [0.2, 0.25) is 5.91 Å². The Hall–Kier alpha value is -2.69. The van der Waals surface area contributed by atoms with E-state index in [4.69, 9.17) is 14.2 Å². The van der Waals surface area contributed by atoms with Crippen LogP contribution in [0.3, 0.4) is 0 Å². The van der Waals surface area contributed by atoms with Crippen molar-refractivity contribution >= 4 is 17.8 Å². The molecule has 0 radical (unpaired) electrons. The predicted octanol–water partition coefficient (Wildman–Crippen LogP) is 0.316. The number of methoxy groups -OCH3 is 1. The molecule has 3 aliphatic heterocycles. The van der Waals surface area contributed by atoms with E-state index in [2.05, 4.69) is 15.5 Å². The fraction of sp³-hybridized carbons (Fsp3) is 0.609. The van der Waals surface area contributed by atoms with Crippen LogP contribution in [0.15, 0.2) is 24.3 Å². The van der Waals surface area contributed by atoms with Gasteiger partial charge in [0.25, 0.3) is 5.91 Å². The lowest BCUT2D eigenvalue weighted by Gasteiger charge is -2.37. The molecular formula is C23H32N4O6. The Kier molecular flexibility index (Phi) is 7.16. The predicted molar refractivity (Wildman–Crippen MR) is 119 cm³/mol. The maximum atomic E-state index is 13.1. The van der Waals surface area contributed by atoms with Crippen molar-refractivity contribution < 1.29 is 28.6 Å². The molecule has 10 nitrogen and oxygen atoms in total. The number of carbonyl (C=O) groups is 3. The number of morpholine rings is 1. The van der Waals surface area contributed by atoms with Crippen molar-refractivity contribution in [2.45, 2.75) is 24.9 Å². The fourth-order valence-electron chi connectivity index (χ4n) is 4.74. The van der Waals surface area contributed by atoms with Crippen LogP contribution in [0.2, 0.25) is 0 Å². The quantitative estimate of drug-likeness (QED) is 0.538. The van der Waals surface area contributed by atoms with Crippen molar-refractivity contribution in [2.75, 3.05) is 59.7 Å². The van der Waals surface area contributed by atoms with Gasteiger partial charge in [0.1, 0.15) is 17.8 Å². The highest BCUT2D eigenvalue weighted by atomic mass is 16.5. The second-order valence-electron chi connectivity index (χ2n) is 8.82. The van der Waals surface area contributed by atoms with E-state index in [0.29, 0.717) is 43.6 Å². The lowest BCUT2D eigenvalue weighted by molar-refractivity contribution is -0.135. The molecule has 0 aliphatic carbocycles. The summed E-state index contributed by atoms with van der Waals surface area (Å²) < 4.78 is 16.2. The SMILES string of the molecule is COc1ccc(C2(C)NC(=O)N(CC(=O)NCC(C3CCOC3)N3CCOCC3)C2=O)cc1. The van der Waals surface area contributed by atoms with Crippen molar-refractivity contribution in [1.29, 1.82) is 0 Å². The van der Waals surface area contributed by atoms with E-state index in [9.17, 15) is 14.4 Å². The van der Waals surface area contributed by atoms with Crippen LogP contribution >= 0.6 is 0 Å². The Morgan fingerprint density at radius 2 is 1.94 bits per heavy atom. The molecule has 180 valence electrons. The second-order valence-corrected chi connectivity index (χ2v) is 8.82. The first-order valence-electron chi connectivity index (χ1n) is 11.4. The van der Waals surface area contributed by atoms with Crippen LogP contribution in [0, 0.1) is 5.92 Å². The molecule has 1 aromatic rings. The topological polar surface area (TPSA) is 109 Å². The van der Waals surface area contributed by atoms with Gasteiger partial charge in [0.05, 0.1) is 26.9 Å². The number of nitrogens with one attached hydrogen (secondary N) is 2. The Labute approximate surface area is 193 Å². The van der Waals surface area contributed by atoms with Crippen molar-refractivity contribution in [2.24, 2.45) is 5.92 Å². The standard InChI is InChI=1S/C23H32N4O6/c1-23(17-3-5-18(31-2)6-4-17)21(29)27(22(30)25-23)14-20(28)24-13-19(16-7-10-33-15-16)26-8-11-32-12-9-26/h3-6,16,19H,7-15H2,1-2H3,(H,24,28)(H,25,30). The Morgan fingerprint density at radius 1 is 1.21 bits per heavy atom. The lowest BCUT2D eigenvalue weighted by Crippen LogP contribution is -2.53. The summed E-state index contributed by atoms with van der Waals surface area (Å²) >= 11 is 0. The molecule has 2 N–H and O–H groups in total. The zero-order valence-corrected chi connectivity index (χ0v) is 19.2. The minimum atomic E-state index is -1.23. The summed E-state index contributed by atoms with van der Waals surface area (Å²) in [4.78, 5) is 41.7. The smallest absolute Gasteiger partial charge is 0.325 e. The summed E-state index contributed by atoms with van der Waals surface area (Å²) in [5.41, 5.74) is -0.612. The third-order valence-electron chi connectivity index (χ3n) is 6.78. The number of urea groups is 1. The van der Waals surface area contributed by atoms with Crippen LogP contribution in [-0.4, -0.2) is 93.4 Å². The number of carbonyl (C=O) groups excluding carboxylic acids is 3. The molecule has 0 aromatic heterocycles. The van der Waals surface area contributed by atoms with E-state index in [1.54, 1.807) is 38.3 Å². The molecule has 3 unspecified atom stereocenters. The third kappa shape index (κ3) is 4.97. The van der Waals surface area contributed by atoms with Crippen LogP contribution in [0.1, 0.15) is 18.9 Å². The lowest BCUT2D eigenvalue weighted by atomic mass is 9.92. The van der Waals surface area contributed by atoms with Gasteiger partial charge in [0, 0.05) is 38.2 Å². The molecule has 3 aliphatic rings. The average molecular weight is 461 g/mol. The van der Waals surface area contributed by atoms with Crippen LogP contribution < -0.4 is 15.4 Å². The minimum Gasteiger partial charge on any atom is -0.497 e. The number of hydrogen-bond donors (Lipinski definition) is 2. The van der Waals surface area contributed by atoms with Gasteiger partial charge in [-0.05, 0) is 31.0 Å². The highest BCUT2D eigenvalue weighted by molar-refractivity contribution is 6.09. The number of imide groups is 1. The first kappa shape index (κ1) is 23.5. The van der Waals surface area contributed by atoms with Gasteiger partial charge < -0.3 is 24.8 Å². The van der Waals surface area contributed by atoms with Gasteiger partial charge in [-0.2, -0.15) is 0 Å². The van der Waals surface area contributed by atoms with Crippen LogP contribution in [0.5, 0.6) is 5.75 Å². The monoisotopic (exact) mass is 460 g/mol. The molecule has 4 rings (SSSR count). The molecule has 3 heterocycles. The highest BCUT2D eigenvalue weighted by Crippen LogP contribution is 2.30. The average Bonchev–Trinajstić information content (AvgIpc) is 3.44. The number of amides is 4. The summed E-state index contributed by atoms with van der Waals surface area (Å²) in [5, 5.41) is 5.67. The van der Waals surface area contributed by atoms with E-state index in [0.717, 1.165) is 31.0 Å². The van der Waals surface area contributed by atoms with Crippen molar-refractivity contribution in [1.82, 2.24) is 20.4 Å². The molecule has 0 spiro atoms. The summed E-state index contributed by atoms with van der Waals surface area (Å²) in [6.45, 7) is 6.11. The molecule has 1 aromatic carbocycles. The van der Waals surface area contributed by atoms with Gasteiger partial charge in [-0.25, -0.2) is 4.79 Å². The Bertz CT molecular complexity index is 866. The van der Waals surface area contributed by atoms with E-state index in [1.807, 2.05) is 0 Å². The number of ether oxygens (including phenoxy) is 3. The molecule has 10 heteroatoms.